The average molecular weight is 181 g/mol. The molecule has 0 fully saturated rings. The second kappa shape index (κ2) is 6.68. The molecule has 2 heteroatoms. The van der Waals surface area contributed by atoms with Crippen LogP contribution in [0.3, 0.4) is 0 Å². The molecule has 2 nitrogen and oxygen atoms in total. The van der Waals surface area contributed by atoms with Gasteiger partial charge in [0.25, 0.3) is 0 Å². The highest BCUT2D eigenvalue weighted by molar-refractivity contribution is 5.84. The SMILES string of the molecule is C#CCC(N)C(=O)CC(C)CCC. The van der Waals surface area contributed by atoms with Crippen molar-refractivity contribution in [2.45, 2.75) is 45.6 Å². The minimum Gasteiger partial charge on any atom is -0.321 e. The Kier molecular flexibility index (Phi) is 6.26. The van der Waals surface area contributed by atoms with Crippen molar-refractivity contribution in [1.29, 1.82) is 0 Å². The summed E-state index contributed by atoms with van der Waals surface area (Å²) in [5.74, 6) is 2.94. The van der Waals surface area contributed by atoms with Crippen molar-refractivity contribution in [3.05, 3.63) is 0 Å². The highest BCUT2D eigenvalue weighted by Crippen LogP contribution is 2.11. The molecular weight excluding hydrogens is 162 g/mol. The topological polar surface area (TPSA) is 43.1 Å². The van der Waals surface area contributed by atoms with Gasteiger partial charge in [0.1, 0.15) is 0 Å². The van der Waals surface area contributed by atoms with Crippen LogP contribution in [0, 0.1) is 18.3 Å². The molecule has 0 aliphatic rings. The van der Waals surface area contributed by atoms with E-state index in [1.54, 1.807) is 0 Å². The van der Waals surface area contributed by atoms with Crippen LogP contribution in [0.1, 0.15) is 39.5 Å². The summed E-state index contributed by atoms with van der Waals surface area (Å²) in [5, 5.41) is 0. The number of ketones is 1. The summed E-state index contributed by atoms with van der Waals surface area (Å²) in [6.45, 7) is 4.19. The predicted octanol–water partition coefficient (Wildman–Crippen LogP) is 1.73. The van der Waals surface area contributed by atoms with Gasteiger partial charge in [0, 0.05) is 12.8 Å². The Morgan fingerprint density at radius 3 is 2.69 bits per heavy atom. The Hall–Kier alpha value is -0.810. The van der Waals surface area contributed by atoms with Crippen LogP contribution in [0.4, 0.5) is 0 Å². The first-order valence-corrected chi connectivity index (χ1v) is 4.83. The first kappa shape index (κ1) is 12.2. The van der Waals surface area contributed by atoms with E-state index in [0.29, 0.717) is 18.8 Å². The van der Waals surface area contributed by atoms with Gasteiger partial charge < -0.3 is 5.73 Å². The molecular formula is C11H19NO. The van der Waals surface area contributed by atoms with Crippen LogP contribution in [0.5, 0.6) is 0 Å². The fourth-order valence-electron chi connectivity index (χ4n) is 1.33. The second-order valence-corrected chi connectivity index (χ2v) is 3.58. The van der Waals surface area contributed by atoms with Gasteiger partial charge in [-0.1, -0.05) is 26.7 Å². The highest BCUT2D eigenvalue weighted by Gasteiger charge is 2.14. The predicted molar refractivity (Wildman–Crippen MR) is 55.1 cm³/mol. The van der Waals surface area contributed by atoms with Crippen molar-refractivity contribution < 1.29 is 4.79 Å². The molecule has 0 aromatic carbocycles. The quantitative estimate of drug-likeness (QED) is 0.634. The van der Waals surface area contributed by atoms with Crippen molar-refractivity contribution in [1.82, 2.24) is 0 Å². The molecule has 0 aromatic rings. The Labute approximate surface area is 80.9 Å². The van der Waals surface area contributed by atoms with Gasteiger partial charge in [0.05, 0.1) is 6.04 Å². The second-order valence-electron chi connectivity index (χ2n) is 3.58. The van der Waals surface area contributed by atoms with E-state index in [0.717, 1.165) is 12.8 Å². The lowest BCUT2D eigenvalue weighted by Crippen LogP contribution is -2.31. The number of carbonyl (C=O) groups excluding carboxylic acids is 1. The molecule has 0 radical (unpaired) electrons. The van der Waals surface area contributed by atoms with E-state index in [-0.39, 0.29) is 5.78 Å². The Morgan fingerprint density at radius 2 is 2.23 bits per heavy atom. The molecule has 13 heavy (non-hydrogen) atoms. The van der Waals surface area contributed by atoms with E-state index in [1.807, 2.05) is 0 Å². The van der Waals surface area contributed by atoms with E-state index in [4.69, 9.17) is 12.2 Å². The summed E-state index contributed by atoms with van der Waals surface area (Å²) in [5.41, 5.74) is 5.58. The molecule has 0 rings (SSSR count). The fraction of sp³-hybridized carbons (Fsp3) is 0.727. The average Bonchev–Trinajstić information content (AvgIpc) is 2.05. The molecule has 2 N–H and O–H groups in total. The molecule has 2 unspecified atom stereocenters. The first-order valence-electron chi connectivity index (χ1n) is 4.83. The third-order valence-corrected chi connectivity index (χ3v) is 2.08. The maximum Gasteiger partial charge on any atom is 0.150 e. The van der Waals surface area contributed by atoms with Gasteiger partial charge >= 0.3 is 0 Å². The number of carbonyl (C=O) groups is 1. The number of hydrogen-bond donors (Lipinski definition) is 1. The molecule has 0 amide bonds. The Morgan fingerprint density at radius 1 is 1.62 bits per heavy atom. The summed E-state index contributed by atoms with van der Waals surface area (Å²) in [7, 11) is 0. The van der Waals surface area contributed by atoms with Crippen molar-refractivity contribution in [3.8, 4) is 12.3 Å². The number of Topliss-reactive ketones (excluding diaryl/α,β-unsaturated/α-hetero) is 1. The van der Waals surface area contributed by atoms with Crippen molar-refractivity contribution in [2.75, 3.05) is 0 Å². The molecule has 74 valence electrons. The van der Waals surface area contributed by atoms with E-state index >= 15 is 0 Å². The normalized spacial score (nSPS) is 14.6. The largest absolute Gasteiger partial charge is 0.321 e. The minimum absolute atomic E-state index is 0.0962. The molecule has 0 aliphatic carbocycles. The zero-order chi connectivity index (χ0) is 10.3. The van der Waals surface area contributed by atoms with Crippen LogP contribution in [-0.2, 0) is 4.79 Å². The standard InChI is InChI=1S/C11H19NO/c1-4-6-9(3)8-11(13)10(12)7-5-2/h2,9-10H,4,6-8,12H2,1,3H3. The van der Waals surface area contributed by atoms with Gasteiger partial charge in [-0.25, -0.2) is 0 Å². The van der Waals surface area contributed by atoms with Crippen LogP contribution in [0.25, 0.3) is 0 Å². The molecule has 0 aromatic heterocycles. The van der Waals surface area contributed by atoms with Crippen molar-refractivity contribution >= 4 is 5.78 Å². The van der Waals surface area contributed by atoms with Crippen LogP contribution in [-0.4, -0.2) is 11.8 Å². The van der Waals surface area contributed by atoms with E-state index < -0.39 is 6.04 Å². The molecule has 2 atom stereocenters. The first-order chi connectivity index (χ1) is 6.11. The number of hydrogen-bond acceptors (Lipinski definition) is 2. The van der Waals surface area contributed by atoms with E-state index in [2.05, 4.69) is 19.8 Å². The van der Waals surface area contributed by atoms with Gasteiger partial charge in [0.2, 0.25) is 0 Å². The summed E-state index contributed by atoms with van der Waals surface area (Å²) < 4.78 is 0. The van der Waals surface area contributed by atoms with E-state index in [1.165, 1.54) is 0 Å². The maximum absolute atomic E-state index is 11.4. The van der Waals surface area contributed by atoms with Crippen LogP contribution in [0.15, 0.2) is 0 Å². The molecule has 0 saturated heterocycles. The van der Waals surface area contributed by atoms with Gasteiger partial charge in [-0.3, -0.25) is 4.79 Å². The number of nitrogens with two attached hydrogens (primary N) is 1. The van der Waals surface area contributed by atoms with Crippen molar-refractivity contribution in [3.63, 3.8) is 0 Å². The Bertz CT molecular complexity index is 193. The minimum atomic E-state index is -0.454. The van der Waals surface area contributed by atoms with Gasteiger partial charge in [0.15, 0.2) is 5.78 Å². The third-order valence-electron chi connectivity index (χ3n) is 2.08. The lowest BCUT2D eigenvalue weighted by atomic mass is 9.96. The van der Waals surface area contributed by atoms with Crippen LogP contribution < -0.4 is 5.73 Å². The fourth-order valence-corrected chi connectivity index (χ4v) is 1.33. The zero-order valence-corrected chi connectivity index (χ0v) is 8.55. The molecule has 0 heterocycles. The summed E-state index contributed by atoms with van der Waals surface area (Å²) in [4.78, 5) is 11.4. The van der Waals surface area contributed by atoms with Crippen molar-refractivity contribution in [2.24, 2.45) is 11.7 Å². The number of rotatable bonds is 6. The highest BCUT2D eigenvalue weighted by atomic mass is 16.1. The molecule has 0 bridgehead atoms. The monoisotopic (exact) mass is 181 g/mol. The van der Waals surface area contributed by atoms with Crippen LogP contribution >= 0.6 is 0 Å². The lowest BCUT2D eigenvalue weighted by molar-refractivity contribution is -0.121. The molecule has 0 saturated carbocycles. The van der Waals surface area contributed by atoms with Gasteiger partial charge in [-0.05, 0) is 5.92 Å². The van der Waals surface area contributed by atoms with Gasteiger partial charge in [-0.15, -0.1) is 12.3 Å². The third kappa shape index (κ3) is 5.43. The van der Waals surface area contributed by atoms with E-state index in [9.17, 15) is 4.79 Å². The molecule has 0 spiro atoms. The van der Waals surface area contributed by atoms with Gasteiger partial charge in [-0.2, -0.15) is 0 Å². The lowest BCUT2D eigenvalue weighted by Gasteiger charge is -2.11. The molecule has 0 aliphatic heterocycles. The number of terminal acetylenes is 1. The zero-order valence-electron chi connectivity index (χ0n) is 8.55. The summed E-state index contributed by atoms with van der Waals surface area (Å²) >= 11 is 0. The Balaban J connectivity index is 3.79. The summed E-state index contributed by atoms with van der Waals surface area (Å²) in [6, 6.07) is -0.454. The smallest absolute Gasteiger partial charge is 0.150 e. The maximum atomic E-state index is 11.4. The van der Waals surface area contributed by atoms with Crippen LogP contribution in [0.2, 0.25) is 0 Å². The summed E-state index contributed by atoms with van der Waals surface area (Å²) in [6.07, 6.45) is 8.19.